The Kier molecular flexibility index (Phi) is 7.16. The van der Waals surface area contributed by atoms with E-state index >= 15 is 0 Å². The Morgan fingerprint density at radius 2 is 1.63 bits per heavy atom. The van der Waals surface area contributed by atoms with Crippen molar-refractivity contribution in [3.8, 4) is 0 Å². The van der Waals surface area contributed by atoms with Crippen LogP contribution in [0.15, 0.2) is 54.6 Å². The van der Waals surface area contributed by atoms with Crippen LogP contribution in [-0.2, 0) is 13.6 Å². The Hall–Kier alpha value is -2.79. The highest BCUT2D eigenvalue weighted by Crippen LogP contribution is 2.47. The minimum absolute atomic E-state index is 0.167. The molecule has 0 unspecified atom stereocenters. The molecule has 2 aromatic carbocycles. The number of carbonyl (C=O) groups excluding carboxylic acids is 1. The van der Waals surface area contributed by atoms with Crippen LogP contribution in [-0.4, -0.2) is 29.2 Å². The summed E-state index contributed by atoms with van der Waals surface area (Å²) < 4.78 is 24.4. The molecule has 0 saturated heterocycles. The fourth-order valence-electron chi connectivity index (χ4n) is 2.97. The molecule has 0 aliphatic heterocycles. The molecule has 0 saturated carbocycles. The highest BCUT2D eigenvalue weighted by atomic mass is 31.2. The number of hydrogen-bond acceptors (Lipinski definition) is 5. The molecule has 3 rings (SSSR count). The van der Waals surface area contributed by atoms with Gasteiger partial charge in [-0.3, -0.25) is 14.5 Å². The lowest BCUT2D eigenvalue weighted by Gasteiger charge is -2.16. The topological polar surface area (TPSA) is 81.3 Å². The summed E-state index contributed by atoms with van der Waals surface area (Å²) >= 11 is 0. The number of benzene rings is 2. The van der Waals surface area contributed by atoms with Crippen LogP contribution in [0.1, 0.15) is 46.6 Å². The van der Waals surface area contributed by atoms with Crippen LogP contribution in [0.25, 0.3) is 12.2 Å². The molecule has 6 nitrogen and oxygen atoms in total. The highest BCUT2D eigenvalue weighted by molar-refractivity contribution is 7.62. The number of ketones is 1. The Balaban J connectivity index is 2.11. The van der Waals surface area contributed by atoms with Gasteiger partial charge in [0.2, 0.25) is 5.78 Å². The largest absolute Gasteiger partial charge is 0.379 e. The van der Waals surface area contributed by atoms with E-state index in [2.05, 4.69) is 10.2 Å². The van der Waals surface area contributed by atoms with E-state index in [1.54, 1.807) is 32.1 Å². The van der Waals surface area contributed by atoms with Crippen LogP contribution in [0.2, 0.25) is 0 Å². The molecule has 0 atom stereocenters. The molecule has 3 aromatic rings. The third-order valence-electron chi connectivity index (χ3n) is 4.43. The van der Waals surface area contributed by atoms with Crippen LogP contribution in [0, 0.1) is 6.92 Å². The van der Waals surface area contributed by atoms with Crippen molar-refractivity contribution in [1.82, 2.24) is 10.2 Å². The van der Waals surface area contributed by atoms with Crippen molar-refractivity contribution >= 4 is 31.0 Å². The first-order chi connectivity index (χ1) is 14.5. The van der Waals surface area contributed by atoms with Crippen LogP contribution in [0.4, 0.5) is 0 Å². The number of nitrogens with zero attached hydrogens (tertiary/aromatic N) is 1. The normalized spacial score (nSPS) is 11.8. The molecule has 0 radical (unpaired) electrons. The molecule has 0 spiro atoms. The first-order valence-corrected chi connectivity index (χ1v) is 11.3. The minimum Gasteiger partial charge on any atom is -0.304 e. The van der Waals surface area contributed by atoms with E-state index in [0.29, 0.717) is 11.1 Å². The average Bonchev–Trinajstić information content (AvgIpc) is 3.18. The first-order valence-electron chi connectivity index (χ1n) is 9.81. The number of rotatable bonds is 9. The molecular weight excluding hydrogens is 399 g/mol. The Bertz CT molecular complexity index is 1060. The van der Waals surface area contributed by atoms with Crippen LogP contribution in [0.5, 0.6) is 0 Å². The molecule has 0 amide bonds. The quantitative estimate of drug-likeness (QED) is 0.386. The van der Waals surface area contributed by atoms with Gasteiger partial charge in [-0.05, 0) is 32.4 Å². The van der Waals surface area contributed by atoms with Gasteiger partial charge in [0.15, 0.2) is 5.44 Å². The van der Waals surface area contributed by atoms with Gasteiger partial charge in [-0.1, -0.05) is 66.2 Å². The summed E-state index contributed by atoms with van der Waals surface area (Å²) in [6, 6.07) is 16.9. The number of aromatic nitrogens is 2. The van der Waals surface area contributed by atoms with Gasteiger partial charge in [0.1, 0.15) is 5.69 Å². The zero-order valence-corrected chi connectivity index (χ0v) is 18.2. The van der Waals surface area contributed by atoms with E-state index in [-0.39, 0.29) is 30.1 Å². The van der Waals surface area contributed by atoms with Gasteiger partial charge in [0, 0.05) is 11.1 Å². The molecule has 1 heterocycles. The number of H-pyrrole nitrogens is 1. The maximum absolute atomic E-state index is 13.4. The Morgan fingerprint density at radius 1 is 1.00 bits per heavy atom. The molecule has 156 valence electrons. The lowest BCUT2D eigenvalue weighted by molar-refractivity contribution is 0.103. The van der Waals surface area contributed by atoms with Crippen molar-refractivity contribution in [2.24, 2.45) is 0 Å². The predicted molar refractivity (Wildman–Crippen MR) is 119 cm³/mol. The van der Waals surface area contributed by atoms with Crippen LogP contribution >= 0.6 is 7.60 Å². The van der Waals surface area contributed by atoms with Crippen LogP contribution in [0.3, 0.4) is 0 Å². The van der Waals surface area contributed by atoms with E-state index in [9.17, 15) is 9.36 Å². The van der Waals surface area contributed by atoms with Gasteiger partial charge >= 0.3 is 7.60 Å². The van der Waals surface area contributed by atoms with Crippen molar-refractivity contribution in [2.75, 3.05) is 13.2 Å². The first kappa shape index (κ1) is 21.9. The van der Waals surface area contributed by atoms with Crippen molar-refractivity contribution in [1.29, 1.82) is 0 Å². The van der Waals surface area contributed by atoms with E-state index in [4.69, 9.17) is 9.05 Å². The van der Waals surface area contributed by atoms with Crippen LogP contribution < -0.4 is 5.44 Å². The highest BCUT2D eigenvalue weighted by Gasteiger charge is 2.34. The van der Waals surface area contributed by atoms with Gasteiger partial charge in [0.05, 0.1) is 13.2 Å². The van der Waals surface area contributed by atoms with E-state index in [1.807, 2.05) is 55.5 Å². The van der Waals surface area contributed by atoms with Gasteiger partial charge in [-0.25, -0.2) is 0 Å². The second-order valence-corrected chi connectivity index (χ2v) is 8.57. The average molecular weight is 424 g/mol. The Morgan fingerprint density at radius 3 is 2.23 bits per heavy atom. The number of hydrogen-bond donors (Lipinski definition) is 1. The summed E-state index contributed by atoms with van der Waals surface area (Å²) in [5.41, 5.74) is 3.22. The van der Waals surface area contributed by atoms with Gasteiger partial charge in [-0.2, -0.15) is 5.10 Å². The lowest BCUT2D eigenvalue weighted by Crippen LogP contribution is -2.15. The summed E-state index contributed by atoms with van der Waals surface area (Å²) in [7, 11) is -3.67. The van der Waals surface area contributed by atoms with Gasteiger partial charge in [-0.15, -0.1) is 0 Å². The summed E-state index contributed by atoms with van der Waals surface area (Å²) in [4.78, 5) is 13.2. The smallest absolute Gasteiger partial charge is 0.304 e. The number of aromatic amines is 1. The zero-order chi connectivity index (χ0) is 21.6. The third-order valence-corrected chi connectivity index (χ3v) is 6.51. The van der Waals surface area contributed by atoms with Gasteiger partial charge < -0.3 is 9.05 Å². The maximum atomic E-state index is 13.4. The van der Waals surface area contributed by atoms with Crippen molar-refractivity contribution < 1.29 is 18.4 Å². The Labute approximate surface area is 176 Å². The van der Waals surface area contributed by atoms with Crippen molar-refractivity contribution in [3.05, 3.63) is 82.5 Å². The second kappa shape index (κ2) is 9.81. The summed E-state index contributed by atoms with van der Waals surface area (Å²) in [5.74, 6) is -0.273. The zero-order valence-electron chi connectivity index (χ0n) is 17.3. The van der Waals surface area contributed by atoms with Crippen molar-refractivity contribution in [3.63, 3.8) is 0 Å². The maximum Gasteiger partial charge on any atom is 0.379 e. The fourth-order valence-corrected chi connectivity index (χ4v) is 4.63. The SMILES string of the molecule is CCOP(=O)(OCC)c1[nH]nc(C(=O)c2ccc(C)cc2)c1/C=C/c1ccccc1. The lowest BCUT2D eigenvalue weighted by atomic mass is 10.0. The number of carbonyl (C=O) groups is 1. The molecule has 30 heavy (non-hydrogen) atoms. The van der Waals surface area contributed by atoms with E-state index < -0.39 is 7.60 Å². The fraction of sp³-hybridized carbons (Fsp3) is 0.217. The molecular formula is C23H25N2O4P. The van der Waals surface area contributed by atoms with Gasteiger partial charge in [0.25, 0.3) is 0 Å². The summed E-state index contributed by atoms with van der Waals surface area (Å²) in [5, 5.41) is 6.95. The molecule has 0 aliphatic carbocycles. The molecule has 1 N–H and O–H groups in total. The molecule has 7 heteroatoms. The monoisotopic (exact) mass is 424 g/mol. The van der Waals surface area contributed by atoms with E-state index in [1.165, 1.54) is 0 Å². The van der Waals surface area contributed by atoms with E-state index in [0.717, 1.165) is 11.1 Å². The number of aryl methyl sites for hydroxylation is 1. The predicted octanol–water partition coefficient (Wildman–Crippen LogP) is 5.01. The standard InChI is InChI=1S/C23H25N2O4P/c1-4-28-30(27,29-5-2)23-20(16-13-18-9-7-6-8-10-18)21(24-25-23)22(26)19-14-11-17(3)12-15-19/h6-16H,4-5H2,1-3H3,(H,24,25)/b16-13+. The molecule has 0 bridgehead atoms. The van der Waals surface area contributed by atoms with Crippen molar-refractivity contribution in [2.45, 2.75) is 20.8 Å². The summed E-state index contributed by atoms with van der Waals surface area (Å²) in [6.45, 7) is 5.81. The summed E-state index contributed by atoms with van der Waals surface area (Å²) in [6.07, 6.45) is 3.56. The molecule has 0 aliphatic rings. The minimum atomic E-state index is -3.67. The second-order valence-electron chi connectivity index (χ2n) is 6.61. The third kappa shape index (κ3) is 4.85. The molecule has 1 aromatic heterocycles. The number of nitrogens with one attached hydrogen (secondary N) is 1. The molecule has 0 fully saturated rings.